The van der Waals surface area contributed by atoms with Gasteiger partial charge in [0.25, 0.3) is 5.91 Å². The van der Waals surface area contributed by atoms with Gasteiger partial charge in [0.15, 0.2) is 0 Å². The maximum absolute atomic E-state index is 11.9. The maximum atomic E-state index is 11.9. The van der Waals surface area contributed by atoms with Crippen molar-refractivity contribution in [2.45, 2.75) is 13.3 Å². The number of carbonyl (C=O) groups excluding carboxylic acids is 2. The molecule has 2 aromatic carbocycles. The van der Waals surface area contributed by atoms with Crippen molar-refractivity contribution in [2.24, 2.45) is 0 Å². The van der Waals surface area contributed by atoms with Gasteiger partial charge in [0.05, 0.1) is 18.6 Å². The SMILES string of the molecule is Cc1cccc(OCCC(=O)NNC(=O)c2ccccc2Br)c1. The molecule has 0 aliphatic rings. The van der Waals surface area contributed by atoms with Crippen molar-refractivity contribution in [3.63, 3.8) is 0 Å². The van der Waals surface area contributed by atoms with Gasteiger partial charge in [0.2, 0.25) is 5.91 Å². The van der Waals surface area contributed by atoms with Crippen LogP contribution in [0.5, 0.6) is 5.75 Å². The highest BCUT2D eigenvalue weighted by Crippen LogP contribution is 2.15. The summed E-state index contributed by atoms with van der Waals surface area (Å²) in [6, 6.07) is 14.6. The number of amides is 2. The Bertz CT molecular complexity index is 704. The molecule has 0 aliphatic carbocycles. The van der Waals surface area contributed by atoms with E-state index in [1.54, 1.807) is 18.2 Å². The van der Waals surface area contributed by atoms with Crippen LogP contribution in [0.4, 0.5) is 0 Å². The fourth-order valence-corrected chi connectivity index (χ4v) is 2.33. The average molecular weight is 377 g/mol. The summed E-state index contributed by atoms with van der Waals surface area (Å²) in [5.41, 5.74) is 6.28. The van der Waals surface area contributed by atoms with Gasteiger partial charge < -0.3 is 4.74 Å². The van der Waals surface area contributed by atoms with Gasteiger partial charge in [0, 0.05) is 4.47 Å². The van der Waals surface area contributed by atoms with Gasteiger partial charge in [0.1, 0.15) is 5.75 Å². The Morgan fingerprint density at radius 3 is 2.61 bits per heavy atom. The number of halogens is 1. The lowest BCUT2D eigenvalue weighted by atomic mass is 10.2. The van der Waals surface area contributed by atoms with E-state index in [9.17, 15) is 9.59 Å². The predicted octanol–water partition coefficient (Wildman–Crippen LogP) is 2.99. The second-order valence-corrected chi connectivity index (χ2v) is 5.75. The first-order chi connectivity index (χ1) is 11.1. The second kappa shape index (κ2) is 8.33. The fraction of sp³-hybridized carbons (Fsp3) is 0.176. The van der Waals surface area contributed by atoms with E-state index in [2.05, 4.69) is 26.8 Å². The maximum Gasteiger partial charge on any atom is 0.270 e. The van der Waals surface area contributed by atoms with Crippen molar-refractivity contribution in [1.82, 2.24) is 10.9 Å². The third-order valence-corrected chi connectivity index (χ3v) is 3.71. The highest BCUT2D eigenvalue weighted by atomic mass is 79.9. The molecule has 0 fully saturated rings. The smallest absolute Gasteiger partial charge is 0.270 e. The van der Waals surface area contributed by atoms with Gasteiger partial charge in [-0.15, -0.1) is 0 Å². The molecule has 6 heteroatoms. The van der Waals surface area contributed by atoms with E-state index in [-0.39, 0.29) is 24.8 Å². The third kappa shape index (κ3) is 5.41. The van der Waals surface area contributed by atoms with Gasteiger partial charge in [-0.1, -0.05) is 24.3 Å². The molecule has 23 heavy (non-hydrogen) atoms. The highest BCUT2D eigenvalue weighted by Gasteiger charge is 2.10. The molecule has 0 aliphatic heterocycles. The summed E-state index contributed by atoms with van der Waals surface area (Å²) in [7, 11) is 0. The van der Waals surface area contributed by atoms with Crippen LogP contribution in [0.15, 0.2) is 53.0 Å². The van der Waals surface area contributed by atoms with Crippen LogP contribution in [-0.2, 0) is 4.79 Å². The summed E-state index contributed by atoms with van der Waals surface area (Å²) in [6.45, 7) is 2.21. The van der Waals surface area contributed by atoms with Gasteiger partial charge in [-0.3, -0.25) is 20.4 Å². The van der Waals surface area contributed by atoms with E-state index in [0.29, 0.717) is 10.0 Å². The zero-order valence-corrected chi connectivity index (χ0v) is 14.2. The molecule has 0 saturated carbocycles. The summed E-state index contributed by atoms with van der Waals surface area (Å²) in [5.74, 6) is 0.0125. The molecule has 0 saturated heterocycles. The molecule has 5 nitrogen and oxygen atoms in total. The Morgan fingerprint density at radius 2 is 1.87 bits per heavy atom. The van der Waals surface area contributed by atoms with Crippen molar-refractivity contribution in [1.29, 1.82) is 0 Å². The van der Waals surface area contributed by atoms with E-state index in [0.717, 1.165) is 11.3 Å². The summed E-state index contributed by atoms with van der Waals surface area (Å²) in [6.07, 6.45) is 0.143. The van der Waals surface area contributed by atoms with Crippen molar-refractivity contribution in [3.8, 4) is 5.75 Å². The number of hydrogen-bond acceptors (Lipinski definition) is 3. The number of aryl methyl sites for hydroxylation is 1. The average Bonchev–Trinajstić information content (AvgIpc) is 2.53. The molecule has 2 rings (SSSR count). The molecule has 0 atom stereocenters. The minimum absolute atomic E-state index is 0.143. The Kier molecular flexibility index (Phi) is 6.17. The van der Waals surface area contributed by atoms with Crippen LogP contribution < -0.4 is 15.6 Å². The number of nitrogens with one attached hydrogen (secondary N) is 2. The molecule has 0 radical (unpaired) electrons. The van der Waals surface area contributed by atoms with E-state index in [1.807, 2.05) is 37.3 Å². The van der Waals surface area contributed by atoms with Crippen LogP contribution in [0.2, 0.25) is 0 Å². The van der Waals surface area contributed by atoms with E-state index >= 15 is 0 Å². The van der Waals surface area contributed by atoms with Crippen molar-refractivity contribution in [2.75, 3.05) is 6.61 Å². The number of hydrazine groups is 1. The molecule has 0 spiro atoms. The van der Waals surface area contributed by atoms with Crippen molar-refractivity contribution in [3.05, 3.63) is 64.1 Å². The number of carbonyl (C=O) groups is 2. The summed E-state index contributed by atoms with van der Waals surface area (Å²) in [4.78, 5) is 23.6. The van der Waals surface area contributed by atoms with Gasteiger partial charge in [-0.25, -0.2) is 0 Å². The molecule has 2 N–H and O–H groups in total. The molecule has 0 aromatic heterocycles. The lowest BCUT2D eigenvalue weighted by Crippen LogP contribution is -2.42. The quantitative estimate of drug-likeness (QED) is 0.788. The normalized spacial score (nSPS) is 10.0. The molecule has 2 aromatic rings. The van der Waals surface area contributed by atoms with E-state index in [4.69, 9.17) is 4.74 Å². The zero-order chi connectivity index (χ0) is 16.7. The minimum Gasteiger partial charge on any atom is -0.493 e. The lowest BCUT2D eigenvalue weighted by Gasteiger charge is -2.09. The first kappa shape index (κ1) is 17.0. The molecule has 0 heterocycles. The standard InChI is InChI=1S/C17H17BrN2O3/c1-12-5-4-6-13(11-12)23-10-9-16(21)19-20-17(22)14-7-2-3-8-15(14)18/h2-8,11H,9-10H2,1H3,(H,19,21)(H,20,22). The zero-order valence-electron chi connectivity index (χ0n) is 12.6. The first-order valence-corrected chi connectivity index (χ1v) is 7.89. The van der Waals surface area contributed by atoms with Crippen LogP contribution in [0.1, 0.15) is 22.3 Å². The number of hydrogen-bond donors (Lipinski definition) is 2. The second-order valence-electron chi connectivity index (χ2n) is 4.90. The molecule has 0 unspecified atom stereocenters. The molecule has 0 bridgehead atoms. The predicted molar refractivity (Wildman–Crippen MR) is 91.0 cm³/mol. The minimum atomic E-state index is -0.384. The largest absolute Gasteiger partial charge is 0.493 e. The Balaban J connectivity index is 1.73. The van der Waals surface area contributed by atoms with E-state index in [1.165, 1.54) is 0 Å². The topological polar surface area (TPSA) is 67.4 Å². The highest BCUT2D eigenvalue weighted by molar-refractivity contribution is 9.10. The van der Waals surface area contributed by atoms with Gasteiger partial charge >= 0.3 is 0 Å². The number of rotatable bonds is 5. The molecular formula is C17H17BrN2O3. The summed E-state index contributed by atoms with van der Waals surface area (Å²) >= 11 is 3.28. The third-order valence-electron chi connectivity index (χ3n) is 3.02. The summed E-state index contributed by atoms with van der Waals surface area (Å²) in [5, 5.41) is 0. The molecule has 120 valence electrons. The number of benzene rings is 2. The fourth-order valence-electron chi connectivity index (χ4n) is 1.87. The molecular weight excluding hydrogens is 360 g/mol. The van der Waals surface area contributed by atoms with Crippen LogP contribution in [0.3, 0.4) is 0 Å². The van der Waals surface area contributed by atoms with Crippen LogP contribution in [0, 0.1) is 6.92 Å². The van der Waals surface area contributed by atoms with Crippen LogP contribution in [0.25, 0.3) is 0 Å². The molecule has 2 amide bonds. The Labute approximate surface area is 143 Å². The van der Waals surface area contributed by atoms with Crippen LogP contribution >= 0.6 is 15.9 Å². The van der Waals surface area contributed by atoms with Gasteiger partial charge in [-0.05, 0) is 52.7 Å². The monoisotopic (exact) mass is 376 g/mol. The Morgan fingerprint density at radius 1 is 1.09 bits per heavy atom. The summed E-state index contributed by atoms with van der Waals surface area (Å²) < 4.78 is 6.15. The first-order valence-electron chi connectivity index (χ1n) is 7.09. The Hall–Kier alpha value is -2.34. The van der Waals surface area contributed by atoms with Crippen LogP contribution in [-0.4, -0.2) is 18.4 Å². The van der Waals surface area contributed by atoms with Crippen molar-refractivity contribution < 1.29 is 14.3 Å². The van der Waals surface area contributed by atoms with Crippen molar-refractivity contribution >= 4 is 27.7 Å². The van der Waals surface area contributed by atoms with Gasteiger partial charge in [-0.2, -0.15) is 0 Å². The lowest BCUT2D eigenvalue weighted by molar-refractivity contribution is -0.122. The van der Waals surface area contributed by atoms with E-state index < -0.39 is 0 Å². The number of ether oxygens (including phenoxy) is 1.